The summed E-state index contributed by atoms with van der Waals surface area (Å²) in [6.45, 7) is 3.81. The van der Waals surface area contributed by atoms with Gasteiger partial charge < -0.3 is 5.21 Å². The minimum atomic E-state index is 0.699. The van der Waals surface area contributed by atoms with Gasteiger partial charge in [-0.1, -0.05) is 6.07 Å². The van der Waals surface area contributed by atoms with Crippen LogP contribution in [-0.4, -0.2) is 4.98 Å². The molecular weight excluding hydrogens is 164 g/mol. The Morgan fingerprint density at radius 1 is 1.31 bits per heavy atom. The highest BCUT2D eigenvalue weighted by Gasteiger charge is 2.05. The molecule has 1 aromatic carbocycles. The van der Waals surface area contributed by atoms with Gasteiger partial charge in [-0.25, -0.2) is 4.73 Å². The summed E-state index contributed by atoms with van der Waals surface area (Å²) in [5.41, 5.74) is 2.73. The Morgan fingerprint density at radius 2 is 2.08 bits per heavy atom. The number of fused-ring (bicyclic) bond motifs is 1. The van der Waals surface area contributed by atoms with Crippen molar-refractivity contribution in [1.82, 2.24) is 4.98 Å². The number of aromatic nitrogens is 2. The van der Waals surface area contributed by atoms with Crippen LogP contribution < -0.4 is 4.73 Å². The Hall–Kier alpha value is -1.64. The third kappa shape index (κ3) is 1.22. The minimum Gasteiger partial charge on any atom is -0.711 e. The zero-order chi connectivity index (χ0) is 9.42. The average Bonchev–Trinajstić information content (AvgIpc) is 2.12. The lowest BCUT2D eigenvalue weighted by Crippen LogP contribution is -2.30. The van der Waals surface area contributed by atoms with Crippen molar-refractivity contribution >= 4 is 10.9 Å². The molecule has 0 saturated heterocycles. The lowest BCUT2D eigenvalue weighted by Gasteiger charge is -2.05. The van der Waals surface area contributed by atoms with E-state index in [9.17, 15) is 5.21 Å². The molecule has 0 atom stereocenters. The molecule has 66 valence electrons. The van der Waals surface area contributed by atoms with Gasteiger partial charge in [-0.15, -0.1) is 0 Å². The SMILES string of the molecule is Cc1ccc2c(C)[n+]([O-])cnc2c1. The number of hydrogen-bond donors (Lipinski definition) is 0. The molecule has 1 aromatic heterocycles. The summed E-state index contributed by atoms with van der Waals surface area (Å²) in [5, 5.41) is 12.1. The van der Waals surface area contributed by atoms with Crippen LogP contribution in [0.1, 0.15) is 11.3 Å². The van der Waals surface area contributed by atoms with E-state index < -0.39 is 0 Å². The Bertz CT molecular complexity index is 466. The highest BCUT2D eigenvalue weighted by molar-refractivity contribution is 5.80. The number of rotatable bonds is 0. The van der Waals surface area contributed by atoms with Crippen molar-refractivity contribution in [2.75, 3.05) is 0 Å². The van der Waals surface area contributed by atoms with Crippen molar-refractivity contribution in [2.45, 2.75) is 13.8 Å². The summed E-state index contributed by atoms with van der Waals surface area (Å²) in [4.78, 5) is 4.05. The van der Waals surface area contributed by atoms with Gasteiger partial charge in [0.2, 0.25) is 0 Å². The van der Waals surface area contributed by atoms with Crippen LogP contribution in [-0.2, 0) is 0 Å². The molecule has 0 N–H and O–H groups in total. The van der Waals surface area contributed by atoms with Gasteiger partial charge in [-0.05, 0) is 36.5 Å². The van der Waals surface area contributed by atoms with E-state index in [1.165, 1.54) is 6.33 Å². The molecule has 0 aliphatic rings. The van der Waals surface area contributed by atoms with Gasteiger partial charge in [0.1, 0.15) is 5.69 Å². The molecule has 0 amide bonds. The lowest BCUT2D eigenvalue weighted by atomic mass is 10.1. The van der Waals surface area contributed by atoms with Crippen molar-refractivity contribution in [3.05, 3.63) is 41.0 Å². The van der Waals surface area contributed by atoms with Gasteiger partial charge in [0.05, 0.1) is 5.39 Å². The molecule has 0 aliphatic carbocycles. The molecule has 0 aliphatic heterocycles. The van der Waals surface area contributed by atoms with Gasteiger partial charge in [0.25, 0.3) is 6.33 Å². The van der Waals surface area contributed by atoms with Crippen LogP contribution in [0.5, 0.6) is 0 Å². The normalized spacial score (nSPS) is 10.6. The second-order valence-electron chi connectivity index (χ2n) is 3.18. The Labute approximate surface area is 76.2 Å². The predicted molar refractivity (Wildman–Crippen MR) is 50.2 cm³/mol. The zero-order valence-corrected chi connectivity index (χ0v) is 7.61. The predicted octanol–water partition coefficient (Wildman–Crippen LogP) is 1.49. The molecule has 13 heavy (non-hydrogen) atoms. The van der Waals surface area contributed by atoms with Crippen LogP contribution in [0.2, 0.25) is 0 Å². The molecule has 3 heteroatoms. The number of aryl methyl sites for hydroxylation is 2. The van der Waals surface area contributed by atoms with Crippen molar-refractivity contribution < 1.29 is 4.73 Å². The second-order valence-corrected chi connectivity index (χ2v) is 3.18. The number of hydrogen-bond acceptors (Lipinski definition) is 2. The lowest BCUT2D eigenvalue weighted by molar-refractivity contribution is -0.613. The standard InChI is InChI=1S/C10H10N2O/c1-7-3-4-9-8(2)12(13)6-11-10(9)5-7/h3-6H,1-2H3. The number of benzene rings is 1. The molecule has 3 nitrogen and oxygen atoms in total. The average molecular weight is 174 g/mol. The summed E-state index contributed by atoms with van der Waals surface area (Å²) in [7, 11) is 0. The monoisotopic (exact) mass is 174 g/mol. The fraction of sp³-hybridized carbons (Fsp3) is 0.200. The van der Waals surface area contributed by atoms with Crippen molar-refractivity contribution in [3.8, 4) is 0 Å². The van der Waals surface area contributed by atoms with Gasteiger partial charge in [-0.2, -0.15) is 0 Å². The van der Waals surface area contributed by atoms with Crippen LogP contribution in [0.15, 0.2) is 24.5 Å². The molecule has 0 unspecified atom stereocenters. The summed E-state index contributed by atoms with van der Waals surface area (Å²) in [6, 6.07) is 5.89. The molecule has 1 heterocycles. The summed E-state index contributed by atoms with van der Waals surface area (Å²) >= 11 is 0. The van der Waals surface area contributed by atoms with Crippen LogP contribution in [0.4, 0.5) is 0 Å². The quantitative estimate of drug-likeness (QED) is 0.448. The van der Waals surface area contributed by atoms with E-state index >= 15 is 0 Å². The van der Waals surface area contributed by atoms with Gasteiger partial charge in [-0.3, -0.25) is 0 Å². The molecule has 0 fully saturated rings. The largest absolute Gasteiger partial charge is 0.711 e. The van der Waals surface area contributed by atoms with Crippen LogP contribution in [0.25, 0.3) is 10.9 Å². The van der Waals surface area contributed by atoms with Crippen LogP contribution in [0, 0.1) is 19.1 Å². The van der Waals surface area contributed by atoms with E-state index in [0.29, 0.717) is 5.69 Å². The first-order valence-corrected chi connectivity index (χ1v) is 4.13. The van der Waals surface area contributed by atoms with Gasteiger partial charge >= 0.3 is 0 Å². The number of nitrogens with zero attached hydrogens (tertiary/aromatic N) is 2. The minimum absolute atomic E-state index is 0.699. The van der Waals surface area contributed by atoms with Crippen molar-refractivity contribution in [3.63, 3.8) is 0 Å². The topological polar surface area (TPSA) is 39.8 Å². The first-order chi connectivity index (χ1) is 6.18. The Kier molecular flexibility index (Phi) is 1.65. The Balaban J connectivity index is 2.87. The fourth-order valence-corrected chi connectivity index (χ4v) is 1.37. The van der Waals surface area contributed by atoms with Gasteiger partial charge in [0.15, 0.2) is 5.52 Å². The van der Waals surface area contributed by atoms with E-state index in [-0.39, 0.29) is 0 Å². The maximum absolute atomic E-state index is 11.2. The molecule has 0 spiro atoms. The van der Waals surface area contributed by atoms with E-state index in [1.807, 2.05) is 25.1 Å². The molecular formula is C10H10N2O. The third-order valence-corrected chi connectivity index (χ3v) is 2.18. The Morgan fingerprint density at radius 3 is 2.85 bits per heavy atom. The smallest absolute Gasteiger partial charge is 0.290 e. The van der Waals surface area contributed by atoms with Crippen LogP contribution >= 0.6 is 0 Å². The molecule has 0 saturated carbocycles. The second kappa shape index (κ2) is 2.69. The van der Waals surface area contributed by atoms with E-state index in [2.05, 4.69) is 4.98 Å². The summed E-state index contributed by atoms with van der Waals surface area (Å²) in [6.07, 6.45) is 1.30. The maximum Gasteiger partial charge on any atom is 0.290 e. The van der Waals surface area contributed by atoms with Gasteiger partial charge in [0, 0.05) is 0 Å². The van der Waals surface area contributed by atoms with Crippen molar-refractivity contribution in [2.24, 2.45) is 0 Å². The van der Waals surface area contributed by atoms with Crippen LogP contribution in [0.3, 0.4) is 0 Å². The molecule has 0 radical (unpaired) electrons. The third-order valence-electron chi connectivity index (χ3n) is 2.18. The summed E-state index contributed by atoms with van der Waals surface area (Å²) in [5.74, 6) is 0. The van der Waals surface area contributed by atoms with E-state index in [1.54, 1.807) is 6.92 Å². The van der Waals surface area contributed by atoms with E-state index in [0.717, 1.165) is 21.2 Å². The molecule has 2 rings (SSSR count). The molecule has 2 aromatic rings. The highest BCUT2D eigenvalue weighted by atomic mass is 16.5. The summed E-state index contributed by atoms with van der Waals surface area (Å²) < 4.78 is 0.789. The van der Waals surface area contributed by atoms with Crippen molar-refractivity contribution in [1.29, 1.82) is 0 Å². The molecule has 0 bridgehead atoms. The van der Waals surface area contributed by atoms with E-state index in [4.69, 9.17) is 0 Å². The first kappa shape index (κ1) is 7.98. The fourth-order valence-electron chi connectivity index (χ4n) is 1.37. The zero-order valence-electron chi connectivity index (χ0n) is 7.61. The first-order valence-electron chi connectivity index (χ1n) is 4.13. The highest BCUT2D eigenvalue weighted by Crippen LogP contribution is 2.13. The maximum atomic E-state index is 11.2.